The van der Waals surface area contributed by atoms with Crippen molar-refractivity contribution >= 4 is 0 Å². The first-order chi connectivity index (χ1) is 8.59. The summed E-state index contributed by atoms with van der Waals surface area (Å²) in [6, 6.07) is 6.01. The molecule has 1 N–H and O–H groups in total. The molecule has 0 saturated heterocycles. The van der Waals surface area contributed by atoms with E-state index in [1.54, 1.807) is 7.11 Å². The van der Waals surface area contributed by atoms with Crippen LogP contribution >= 0.6 is 0 Å². The molecule has 0 spiro atoms. The SMILES string of the molecule is COCC(O)(c1cccc2c1OCCC2)C(C)C. The van der Waals surface area contributed by atoms with Gasteiger partial charge in [0.2, 0.25) is 0 Å². The number of aryl methyl sites for hydroxylation is 1. The Morgan fingerprint density at radius 1 is 1.44 bits per heavy atom. The summed E-state index contributed by atoms with van der Waals surface area (Å²) < 4.78 is 11.0. The number of hydrogen-bond acceptors (Lipinski definition) is 3. The molecule has 0 amide bonds. The highest BCUT2D eigenvalue weighted by Crippen LogP contribution is 2.39. The van der Waals surface area contributed by atoms with Crippen molar-refractivity contribution in [3.8, 4) is 5.75 Å². The molecule has 1 aliphatic heterocycles. The van der Waals surface area contributed by atoms with Crippen LogP contribution in [-0.4, -0.2) is 25.4 Å². The molecule has 0 aliphatic carbocycles. The van der Waals surface area contributed by atoms with Gasteiger partial charge in [-0.3, -0.25) is 0 Å². The predicted octanol–water partition coefficient (Wildman–Crippen LogP) is 2.50. The molecule has 100 valence electrons. The maximum atomic E-state index is 10.9. The van der Waals surface area contributed by atoms with Gasteiger partial charge in [0.15, 0.2) is 0 Å². The molecule has 1 aromatic rings. The van der Waals surface area contributed by atoms with E-state index in [1.807, 2.05) is 26.0 Å². The lowest BCUT2D eigenvalue weighted by Crippen LogP contribution is -2.37. The first kappa shape index (κ1) is 13.4. The molecule has 1 atom stereocenters. The van der Waals surface area contributed by atoms with E-state index in [-0.39, 0.29) is 12.5 Å². The minimum Gasteiger partial charge on any atom is -0.493 e. The smallest absolute Gasteiger partial charge is 0.128 e. The number of ether oxygens (including phenoxy) is 2. The molecule has 1 heterocycles. The van der Waals surface area contributed by atoms with Crippen molar-refractivity contribution in [2.24, 2.45) is 5.92 Å². The predicted molar refractivity (Wildman–Crippen MR) is 70.9 cm³/mol. The van der Waals surface area contributed by atoms with E-state index in [2.05, 4.69) is 6.07 Å². The first-order valence-electron chi connectivity index (χ1n) is 6.56. The lowest BCUT2D eigenvalue weighted by Gasteiger charge is -2.35. The maximum Gasteiger partial charge on any atom is 0.128 e. The van der Waals surface area contributed by atoms with Gasteiger partial charge in [-0.1, -0.05) is 32.0 Å². The Labute approximate surface area is 109 Å². The summed E-state index contributed by atoms with van der Waals surface area (Å²) in [6.45, 7) is 5.01. The number of aliphatic hydroxyl groups is 1. The minimum absolute atomic E-state index is 0.0643. The van der Waals surface area contributed by atoms with Crippen molar-refractivity contribution in [1.82, 2.24) is 0 Å². The molecule has 0 bridgehead atoms. The van der Waals surface area contributed by atoms with Crippen LogP contribution in [0, 0.1) is 5.92 Å². The molecular formula is C15H22O3. The molecule has 0 saturated carbocycles. The van der Waals surface area contributed by atoms with E-state index in [0.717, 1.165) is 30.8 Å². The van der Waals surface area contributed by atoms with Gasteiger partial charge in [-0.2, -0.15) is 0 Å². The highest BCUT2D eigenvalue weighted by atomic mass is 16.5. The van der Waals surface area contributed by atoms with E-state index in [4.69, 9.17) is 9.47 Å². The van der Waals surface area contributed by atoms with Crippen LogP contribution in [0.25, 0.3) is 0 Å². The average Bonchev–Trinajstić information content (AvgIpc) is 2.38. The summed E-state index contributed by atoms with van der Waals surface area (Å²) in [6.07, 6.45) is 2.06. The summed E-state index contributed by atoms with van der Waals surface area (Å²) in [5.74, 6) is 0.923. The third kappa shape index (κ3) is 2.25. The van der Waals surface area contributed by atoms with E-state index in [0.29, 0.717) is 0 Å². The van der Waals surface area contributed by atoms with Gasteiger partial charge in [-0.05, 0) is 24.3 Å². The maximum absolute atomic E-state index is 10.9. The van der Waals surface area contributed by atoms with Crippen molar-refractivity contribution in [3.63, 3.8) is 0 Å². The summed E-state index contributed by atoms with van der Waals surface area (Å²) in [7, 11) is 1.61. The largest absolute Gasteiger partial charge is 0.493 e. The molecule has 18 heavy (non-hydrogen) atoms. The van der Waals surface area contributed by atoms with Crippen molar-refractivity contribution in [2.75, 3.05) is 20.3 Å². The van der Waals surface area contributed by atoms with E-state index in [1.165, 1.54) is 5.56 Å². The fraction of sp³-hybridized carbons (Fsp3) is 0.600. The molecular weight excluding hydrogens is 228 g/mol. The molecule has 1 aliphatic rings. The Morgan fingerprint density at radius 2 is 2.22 bits per heavy atom. The van der Waals surface area contributed by atoms with Crippen LogP contribution in [-0.2, 0) is 16.8 Å². The van der Waals surface area contributed by atoms with Crippen LogP contribution in [0.2, 0.25) is 0 Å². The van der Waals surface area contributed by atoms with Gasteiger partial charge in [-0.15, -0.1) is 0 Å². The van der Waals surface area contributed by atoms with Gasteiger partial charge < -0.3 is 14.6 Å². The van der Waals surface area contributed by atoms with Crippen LogP contribution in [0.1, 0.15) is 31.4 Å². The van der Waals surface area contributed by atoms with E-state index in [9.17, 15) is 5.11 Å². The highest BCUT2D eigenvalue weighted by Gasteiger charge is 2.37. The Morgan fingerprint density at radius 3 is 2.89 bits per heavy atom. The van der Waals surface area contributed by atoms with Gasteiger partial charge in [0.05, 0.1) is 13.2 Å². The summed E-state index contributed by atoms with van der Waals surface area (Å²) in [5, 5.41) is 10.9. The molecule has 2 rings (SSSR count). The van der Waals surface area contributed by atoms with Crippen LogP contribution in [0.5, 0.6) is 5.75 Å². The monoisotopic (exact) mass is 250 g/mol. The van der Waals surface area contributed by atoms with Gasteiger partial charge in [0, 0.05) is 12.7 Å². The zero-order valence-electron chi connectivity index (χ0n) is 11.4. The Balaban J connectivity index is 2.48. The quantitative estimate of drug-likeness (QED) is 0.892. The second-order valence-electron chi connectivity index (χ2n) is 5.26. The number of fused-ring (bicyclic) bond motifs is 1. The molecule has 1 unspecified atom stereocenters. The van der Waals surface area contributed by atoms with Gasteiger partial charge in [0.1, 0.15) is 11.4 Å². The van der Waals surface area contributed by atoms with Crippen molar-refractivity contribution in [3.05, 3.63) is 29.3 Å². The summed E-state index contributed by atoms with van der Waals surface area (Å²) >= 11 is 0. The normalized spacial score (nSPS) is 18.1. The molecule has 1 aromatic carbocycles. The van der Waals surface area contributed by atoms with Crippen molar-refractivity contribution in [2.45, 2.75) is 32.3 Å². The Bertz CT molecular complexity index is 414. The fourth-order valence-electron chi connectivity index (χ4n) is 2.51. The fourth-order valence-corrected chi connectivity index (χ4v) is 2.51. The van der Waals surface area contributed by atoms with Crippen LogP contribution in [0.4, 0.5) is 0 Å². The lowest BCUT2D eigenvalue weighted by molar-refractivity contribution is -0.0717. The Kier molecular flexibility index (Phi) is 3.93. The first-order valence-corrected chi connectivity index (χ1v) is 6.56. The number of benzene rings is 1. The van der Waals surface area contributed by atoms with Gasteiger partial charge >= 0.3 is 0 Å². The van der Waals surface area contributed by atoms with E-state index >= 15 is 0 Å². The minimum atomic E-state index is -0.989. The molecule has 0 fully saturated rings. The second kappa shape index (κ2) is 5.29. The van der Waals surface area contributed by atoms with Crippen LogP contribution in [0.15, 0.2) is 18.2 Å². The highest BCUT2D eigenvalue weighted by molar-refractivity contribution is 5.46. The molecule has 0 radical (unpaired) electrons. The summed E-state index contributed by atoms with van der Waals surface area (Å²) in [4.78, 5) is 0. The lowest BCUT2D eigenvalue weighted by atomic mass is 9.82. The van der Waals surface area contributed by atoms with Crippen molar-refractivity contribution < 1.29 is 14.6 Å². The zero-order valence-corrected chi connectivity index (χ0v) is 11.4. The van der Waals surface area contributed by atoms with Gasteiger partial charge in [0.25, 0.3) is 0 Å². The third-order valence-electron chi connectivity index (χ3n) is 3.72. The standard InChI is InChI=1S/C15H22O3/c1-11(2)15(16,10-17-3)13-8-4-6-12-7-5-9-18-14(12)13/h4,6,8,11,16H,5,7,9-10H2,1-3H3. The molecule has 3 nitrogen and oxygen atoms in total. The molecule has 0 aromatic heterocycles. The third-order valence-corrected chi connectivity index (χ3v) is 3.72. The number of rotatable bonds is 4. The van der Waals surface area contributed by atoms with Gasteiger partial charge in [-0.25, -0.2) is 0 Å². The topological polar surface area (TPSA) is 38.7 Å². The molecule has 3 heteroatoms. The Hall–Kier alpha value is -1.06. The number of para-hydroxylation sites is 1. The van der Waals surface area contributed by atoms with Crippen molar-refractivity contribution in [1.29, 1.82) is 0 Å². The summed E-state index contributed by atoms with van der Waals surface area (Å²) in [5.41, 5.74) is 1.06. The van der Waals surface area contributed by atoms with Crippen LogP contribution < -0.4 is 4.74 Å². The van der Waals surface area contributed by atoms with E-state index < -0.39 is 5.60 Å². The number of methoxy groups -OCH3 is 1. The zero-order chi connectivity index (χ0) is 13.2. The second-order valence-corrected chi connectivity index (χ2v) is 5.26. The average molecular weight is 250 g/mol. The van der Waals surface area contributed by atoms with Crippen LogP contribution in [0.3, 0.4) is 0 Å². The number of hydrogen-bond donors (Lipinski definition) is 1.